The predicted molar refractivity (Wildman–Crippen MR) is 112 cm³/mol. The predicted octanol–water partition coefficient (Wildman–Crippen LogP) is 4.74. The van der Waals surface area contributed by atoms with Gasteiger partial charge in [-0.25, -0.2) is 9.97 Å². The van der Waals surface area contributed by atoms with Crippen LogP contribution < -0.4 is 10.2 Å². The lowest BCUT2D eigenvalue weighted by atomic mass is 10.1. The molecule has 28 heavy (non-hydrogen) atoms. The van der Waals surface area contributed by atoms with Crippen LogP contribution in [0.15, 0.2) is 48.5 Å². The molecule has 1 aliphatic rings. The van der Waals surface area contributed by atoms with Gasteiger partial charge < -0.3 is 10.2 Å². The monoisotopic (exact) mass is 372 g/mol. The molecule has 5 nitrogen and oxygen atoms in total. The van der Waals surface area contributed by atoms with Crippen molar-refractivity contribution < 1.29 is 4.79 Å². The number of aromatic nitrogens is 2. The van der Waals surface area contributed by atoms with Crippen LogP contribution >= 0.6 is 0 Å². The van der Waals surface area contributed by atoms with Gasteiger partial charge in [-0.05, 0) is 75.1 Å². The zero-order valence-corrected chi connectivity index (χ0v) is 16.7. The van der Waals surface area contributed by atoms with Crippen molar-refractivity contribution in [3.63, 3.8) is 0 Å². The summed E-state index contributed by atoms with van der Waals surface area (Å²) in [5.74, 6) is 0.345. The molecule has 0 bridgehead atoms. The molecule has 2 aromatic carbocycles. The Morgan fingerprint density at radius 1 is 1.04 bits per heavy atom. The molecule has 1 atom stereocenters. The number of rotatable bonds is 3. The van der Waals surface area contributed by atoms with Crippen molar-refractivity contribution in [2.75, 3.05) is 10.2 Å². The summed E-state index contributed by atoms with van der Waals surface area (Å²) < 4.78 is 0. The number of carbonyl (C=O) groups is 1. The van der Waals surface area contributed by atoms with E-state index in [2.05, 4.69) is 54.3 Å². The van der Waals surface area contributed by atoms with Gasteiger partial charge in [-0.15, -0.1) is 0 Å². The van der Waals surface area contributed by atoms with Gasteiger partial charge in [-0.2, -0.15) is 0 Å². The lowest BCUT2D eigenvalue weighted by Crippen LogP contribution is -2.36. The molecule has 0 fully saturated rings. The number of anilines is 3. The normalized spacial score (nSPS) is 15.4. The first-order valence-corrected chi connectivity index (χ1v) is 9.54. The quantitative estimate of drug-likeness (QED) is 0.722. The molecule has 3 aromatic rings. The second-order valence-corrected chi connectivity index (χ2v) is 7.50. The fraction of sp³-hybridized carbons (Fsp3) is 0.261. The molecule has 1 amide bonds. The molecule has 0 saturated heterocycles. The van der Waals surface area contributed by atoms with E-state index in [0.717, 1.165) is 23.5 Å². The zero-order valence-electron chi connectivity index (χ0n) is 16.7. The van der Waals surface area contributed by atoms with Crippen LogP contribution in [0.2, 0.25) is 0 Å². The van der Waals surface area contributed by atoms with Crippen LogP contribution in [-0.2, 0) is 6.42 Å². The molecule has 1 unspecified atom stereocenters. The number of benzene rings is 2. The third-order valence-electron chi connectivity index (χ3n) is 5.26. The Kier molecular flexibility index (Phi) is 4.59. The summed E-state index contributed by atoms with van der Waals surface area (Å²) in [6.45, 7) is 8.10. The molecule has 142 valence electrons. The summed E-state index contributed by atoms with van der Waals surface area (Å²) >= 11 is 0. The van der Waals surface area contributed by atoms with Crippen LogP contribution in [0.1, 0.15) is 39.8 Å². The molecule has 4 rings (SSSR count). The second kappa shape index (κ2) is 7.08. The van der Waals surface area contributed by atoms with Gasteiger partial charge in [-0.1, -0.05) is 24.3 Å². The maximum atomic E-state index is 13.3. The summed E-state index contributed by atoms with van der Waals surface area (Å²) in [6.07, 6.45) is 0.861. The first-order chi connectivity index (χ1) is 13.4. The molecule has 5 heteroatoms. The van der Waals surface area contributed by atoms with Gasteiger partial charge in [0.1, 0.15) is 5.69 Å². The minimum Gasteiger partial charge on any atom is -0.324 e. The summed E-state index contributed by atoms with van der Waals surface area (Å²) in [6, 6.07) is 16.0. The largest absolute Gasteiger partial charge is 0.324 e. The topological polar surface area (TPSA) is 58.1 Å². The summed E-state index contributed by atoms with van der Waals surface area (Å²) in [4.78, 5) is 24.1. The van der Waals surface area contributed by atoms with E-state index < -0.39 is 0 Å². The molecule has 0 spiro atoms. The van der Waals surface area contributed by atoms with E-state index in [4.69, 9.17) is 0 Å². The van der Waals surface area contributed by atoms with E-state index in [1.54, 1.807) is 6.07 Å². The maximum Gasteiger partial charge on any atom is 0.277 e. The van der Waals surface area contributed by atoms with E-state index in [-0.39, 0.29) is 11.9 Å². The van der Waals surface area contributed by atoms with Crippen LogP contribution in [0.25, 0.3) is 0 Å². The molecular weight excluding hydrogens is 348 g/mol. The van der Waals surface area contributed by atoms with Crippen molar-refractivity contribution in [2.24, 2.45) is 0 Å². The van der Waals surface area contributed by atoms with Gasteiger partial charge >= 0.3 is 0 Å². The average Bonchev–Trinajstić information content (AvgIpc) is 2.99. The van der Waals surface area contributed by atoms with E-state index in [9.17, 15) is 4.79 Å². The fourth-order valence-electron chi connectivity index (χ4n) is 3.68. The van der Waals surface area contributed by atoms with Crippen molar-refractivity contribution in [1.29, 1.82) is 0 Å². The van der Waals surface area contributed by atoms with Crippen molar-refractivity contribution in [3.8, 4) is 0 Å². The van der Waals surface area contributed by atoms with Crippen molar-refractivity contribution in [2.45, 2.75) is 40.2 Å². The van der Waals surface area contributed by atoms with Crippen LogP contribution in [0.3, 0.4) is 0 Å². The molecule has 0 aliphatic carbocycles. The summed E-state index contributed by atoms with van der Waals surface area (Å²) in [5.41, 5.74) is 6.66. The number of nitrogens with zero attached hydrogens (tertiary/aromatic N) is 3. The number of fused-ring (bicyclic) bond motifs is 1. The Hall–Kier alpha value is -3.21. The van der Waals surface area contributed by atoms with Crippen molar-refractivity contribution in [1.82, 2.24) is 9.97 Å². The van der Waals surface area contributed by atoms with Gasteiger partial charge in [0, 0.05) is 23.1 Å². The maximum absolute atomic E-state index is 13.3. The van der Waals surface area contributed by atoms with Crippen LogP contribution in [0, 0.1) is 20.8 Å². The van der Waals surface area contributed by atoms with E-state index in [0.29, 0.717) is 11.6 Å². The Morgan fingerprint density at radius 3 is 2.61 bits per heavy atom. The van der Waals surface area contributed by atoms with E-state index in [1.165, 1.54) is 16.7 Å². The molecule has 2 heterocycles. The van der Waals surface area contributed by atoms with Gasteiger partial charge in [0.05, 0.1) is 0 Å². The van der Waals surface area contributed by atoms with Crippen LogP contribution in [-0.4, -0.2) is 21.9 Å². The molecular formula is C23H24N4O. The highest BCUT2D eigenvalue weighted by atomic mass is 16.2. The third-order valence-corrected chi connectivity index (χ3v) is 5.26. The number of amides is 1. The van der Waals surface area contributed by atoms with E-state index in [1.807, 2.05) is 36.1 Å². The van der Waals surface area contributed by atoms with Gasteiger partial charge in [0.25, 0.3) is 5.91 Å². The number of hydrogen-bond donors (Lipinski definition) is 1. The second-order valence-electron chi connectivity index (χ2n) is 7.50. The van der Waals surface area contributed by atoms with E-state index >= 15 is 0 Å². The number of aryl methyl sites for hydroxylation is 3. The molecule has 0 radical (unpaired) electrons. The lowest BCUT2D eigenvalue weighted by molar-refractivity contribution is 0.0976. The number of nitrogens with one attached hydrogen (secondary N) is 1. The highest BCUT2D eigenvalue weighted by Gasteiger charge is 2.32. The standard InChI is InChI=1S/C23H24N4O/c1-14-9-10-19(11-15(14)2)25-23-24-16(3)12-20(26-23)22(28)27-17(4)13-18-7-5-6-8-21(18)27/h5-12,17H,13H2,1-4H3,(H,24,25,26). The van der Waals surface area contributed by atoms with Gasteiger partial charge in [0.2, 0.25) is 5.95 Å². The number of para-hydroxylation sites is 1. The number of hydrogen-bond acceptors (Lipinski definition) is 4. The van der Waals surface area contributed by atoms with Crippen molar-refractivity contribution >= 4 is 23.2 Å². The minimum atomic E-state index is -0.0916. The van der Waals surface area contributed by atoms with Gasteiger partial charge in [-0.3, -0.25) is 4.79 Å². The number of carbonyl (C=O) groups excluding carboxylic acids is 1. The minimum absolute atomic E-state index is 0.0916. The fourth-order valence-corrected chi connectivity index (χ4v) is 3.68. The average molecular weight is 372 g/mol. The SMILES string of the molecule is Cc1cc(C(=O)N2c3ccccc3CC2C)nc(Nc2ccc(C)c(C)c2)n1. The molecule has 1 N–H and O–H groups in total. The van der Waals surface area contributed by atoms with Crippen LogP contribution in [0.5, 0.6) is 0 Å². The molecule has 0 saturated carbocycles. The summed E-state index contributed by atoms with van der Waals surface area (Å²) in [7, 11) is 0. The van der Waals surface area contributed by atoms with Gasteiger partial charge in [0.15, 0.2) is 0 Å². The molecule has 1 aliphatic heterocycles. The smallest absolute Gasteiger partial charge is 0.277 e. The lowest BCUT2D eigenvalue weighted by Gasteiger charge is -2.22. The highest BCUT2D eigenvalue weighted by molar-refractivity contribution is 6.06. The third kappa shape index (κ3) is 3.36. The summed E-state index contributed by atoms with van der Waals surface area (Å²) in [5, 5.41) is 3.24. The van der Waals surface area contributed by atoms with Crippen LogP contribution in [0.4, 0.5) is 17.3 Å². The Morgan fingerprint density at radius 2 is 1.82 bits per heavy atom. The zero-order chi connectivity index (χ0) is 19.8. The Balaban J connectivity index is 1.65. The Labute approximate surface area is 165 Å². The first kappa shape index (κ1) is 18.2. The Bertz CT molecular complexity index is 1060. The highest BCUT2D eigenvalue weighted by Crippen LogP contribution is 2.33. The first-order valence-electron chi connectivity index (χ1n) is 9.54. The van der Waals surface area contributed by atoms with Crippen molar-refractivity contribution in [3.05, 3.63) is 76.6 Å². The molecule has 1 aromatic heterocycles.